The quantitative estimate of drug-likeness (QED) is 0.523. The molecule has 6 rings (SSSR count). The molecule has 1 amide bonds. The van der Waals surface area contributed by atoms with Gasteiger partial charge in [0.15, 0.2) is 11.4 Å². The van der Waals surface area contributed by atoms with Gasteiger partial charge >= 0.3 is 0 Å². The van der Waals surface area contributed by atoms with Crippen LogP contribution < -0.4 is 4.74 Å². The third kappa shape index (κ3) is 5.32. The minimum atomic E-state index is -3.49. The summed E-state index contributed by atoms with van der Waals surface area (Å²) in [5.74, 6) is -2.59. The number of benzene rings is 1. The van der Waals surface area contributed by atoms with Gasteiger partial charge in [-0.3, -0.25) is 14.6 Å². The number of methoxy groups -OCH3 is 1. The number of morpholine rings is 1. The molecule has 3 saturated heterocycles. The summed E-state index contributed by atoms with van der Waals surface area (Å²) in [5, 5.41) is 4.74. The lowest BCUT2D eigenvalue weighted by Gasteiger charge is -2.40. The molecule has 4 aliphatic rings. The van der Waals surface area contributed by atoms with Crippen LogP contribution in [0.15, 0.2) is 28.7 Å². The Hall–Kier alpha value is -2.71. The summed E-state index contributed by atoms with van der Waals surface area (Å²) in [5.41, 5.74) is 2.93. The van der Waals surface area contributed by atoms with Gasteiger partial charge in [0.25, 0.3) is 22.0 Å². The Morgan fingerprint density at radius 1 is 1.20 bits per heavy atom. The summed E-state index contributed by atoms with van der Waals surface area (Å²) in [6.07, 6.45) is 3.69. The second-order valence-electron chi connectivity index (χ2n) is 10.9. The fraction of sp³-hybridized carbons (Fsp3) is 0.556. The van der Waals surface area contributed by atoms with Crippen LogP contribution >= 0.6 is 0 Å². The Morgan fingerprint density at radius 3 is 2.67 bits per heavy atom. The lowest BCUT2D eigenvalue weighted by molar-refractivity contribution is -0.131. The van der Waals surface area contributed by atoms with Gasteiger partial charge in [-0.15, -0.1) is 0 Å². The van der Waals surface area contributed by atoms with E-state index in [4.69, 9.17) is 14.6 Å². The van der Waals surface area contributed by atoms with Crippen molar-refractivity contribution in [3.05, 3.63) is 35.0 Å². The van der Waals surface area contributed by atoms with Gasteiger partial charge in [0.1, 0.15) is 5.75 Å². The number of hydrogen-bond donors (Lipinski definition) is 1. The molecule has 0 aliphatic carbocycles. The number of alkyl halides is 2. The van der Waals surface area contributed by atoms with E-state index in [0.717, 1.165) is 25.0 Å². The smallest absolute Gasteiger partial charge is 0.275 e. The largest absolute Gasteiger partial charge is 0.497 e. The second-order valence-corrected chi connectivity index (χ2v) is 12.9. The number of likely N-dealkylation sites (tertiary alicyclic amines) is 2. The minimum absolute atomic E-state index is 0.179. The standard InChI is InChI=1S/C27H33F2N5O5S/c1-38-20-4-5-21-23(13-20)40(36,37)16-22-24(26(35)33-9-11-39-12-10-33)30-34(25(21)22)15-19-3-2-6-31(14-19)7-8-32-17-27(28,29)18-32/h4-5,13,15H,2-3,6-12,14,16-18H2,1H3/p+1/b19-15+. The number of aromatic nitrogens is 2. The molecule has 4 aliphatic heterocycles. The highest BCUT2D eigenvalue weighted by Crippen LogP contribution is 2.44. The van der Waals surface area contributed by atoms with E-state index < -0.39 is 16.1 Å². The van der Waals surface area contributed by atoms with Gasteiger partial charge in [0.2, 0.25) is 4.90 Å². The summed E-state index contributed by atoms with van der Waals surface area (Å²) in [7, 11) is -1.98. The molecule has 0 saturated carbocycles. The highest BCUT2D eigenvalue weighted by atomic mass is 32.3. The van der Waals surface area contributed by atoms with Gasteiger partial charge < -0.3 is 14.4 Å². The van der Waals surface area contributed by atoms with Crippen molar-refractivity contribution in [3.63, 3.8) is 0 Å². The van der Waals surface area contributed by atoms with Crippen LogP contribution in [0.2, 0.25) is 0 Å². The normalized spacial score (nSPS) is 25.8. The third-order valence-corrected chi connectivity index (χ3v) is 9.69. The molecular formula is C27H34F2N5O5S+. The maximum absolute atomic E-state index is 13.6. The van der Waals surface area contributed by atoms with Crippen molar-refractivity contribution in [3.8, 4) is 17.0 Å². The van der Waals surface area contributed by atoms with Crippen molar-refractivity contribution in [1.29, 1.82) is 0 Å². The zero-order chi connectivity index (χ0) is 28.1. The van der Waals surface area contributed by atoms with E-state index >= 15 is 0 Å². The summed E-state index contributed by atoms with van der Waals surface area (Å²) in [6, 6.07) is 5.06. The fourth-order valence-corrected chi connectivity index (χ4v) is 7.56. The van der Waals surface area contributed by atoms with Crippen LogP contribution in [-0.4, -0.2) is 114 Å². The molecule has 0 radical (unpaired) electrons. The van der Waals surface area contributed by atoms with Crippen molar-refractivity contribution < 1.29 is 31.8 Å². The Kier molecular flexibility index (Phi) is 7.28. The molecule has 40 heavy (non-hydrogen) atoms. The van der Waals surface area contributed by atoms with E-state index in [9.17, 15) is 22.3 Å². The molecule has 5 heterocycles. The van der Waals surface area contributed by atoms with Crippen molar-refractivity contribution in [2.24, 2.45) is 0 Å². The number of ether oxygens (including phenoxy) is 2. The first-order chi connectivity index (χ1) is 19.1. The number of fused-ring (bicyclic) bond motifs is 3. The number of piperidine rings is 1. The van der Waals surface area contributed by atoms with Crippen molar-refractivity contribution in [1.82, 2.24) is 24.5 Å². The highest BCUT2D eigenvalue weighted by Gasteiger charge is 2.45. The number of hydrogen-bond acceptors (Lipinski definition) is 7. The first-order valence-electron chi connectivity index (χ1n) is 13.6. The van der Waals surface area contributed by atoms with Gasteiger partial charge in [0.05, 0.1) is 50.2 Å². The molecular weight excluding hydrogens is 544 g/mol. The van der Waals surface area contributed by atoms with Gasteiger partial charge in [-0.2, -0.15) is 9.65 Å². The number of amides is 1. The fourth-order valence-electron chi connectivity index (χ4n) is 5.93. The molecule has 1 atom stereocenters. The van der Waals surface area contributed by atoms with Crippen LogP contribution in [0.1, 0.15) is 28.9 Å². The Labute approximate surface area is 232 Å². The molecule has 1 unspecified atom stereocenters. The lowest BCUT2D eigenvalue weighted by atomic mass is 10.0. The summed E-state index contributed by atoms with van der Waals surface area (Å²) < 4.78 is 63.4. The number of carbonyl (C=O) groups is 1. The Bertz CT molecular complexity index is 1380. The van der Waals surface area contributed by atoms with Crippen LogP contribution in [0, 0.1) is 0 Å². The zero-order valence-corrected chi connectivity index (χ0v) is 23.3. The predicted octanol–water partition coefficient (Wildman–Crippen LogP) is 2.76. The molecule has 1 aromatic heterocycles. The number of nitrogens with zero attached hydrogens (tertiary/aromatic N) is 5. The van der Waals surface area contributed by atoms with Crippen LogP contribution in [0.4, 0.5) is 8.78 Å². The van der Waals surface area contributed by atoms with E-state index in [0.29, 0.717) is 68.5 Å². The molecule has 3 fully saturated rings. The van der Waals surface area contributed by atoms with E-state index in [1.165, 1.54) is 7.11 Å². The van der Waals surface area contributed by atoms with Gasteiger partial charge in [0, 0.05) is 45.0 Å². The predicted molar refractivity (Wildman–Crippen MR) is 145 cm³/mol. The van der Waals surface area contributed by atoms with E-state index in [2.05, 4.69) is 4.90 Å². The van der Waals surface area contributed by atoms with Crippen molar-refractivity contribution >= 4 is 22.3 Å². The molecule has 0 spiro atoms. The molecule has 13 heteroatoms. The molecule has 2 aromatic rings. The maximum Gasteiger partial charge on any atom is 0.275 e. The van der Waals surface area contributed by atoms with Crippen molar-refractivity contribution in [2.75, 3.05) is 72.7 Å². The third-order valence-electron chi connectivity index (χ3n) is 7.98. The van der Waals surface area contributed by atoms with Crippen LogP contribution in [0.25, 0.3) is 17.5 Å². The van der Waals surface area contributed by atoms with Crippen LogP contribution in [0.5, 0.6) is 5.75 Å². The molecule has 0 bridgehead atoms. The average molecular weight is 579 g/mol. The molecule has 1 aromatic carbocycles. The number of halogens is 2. The first-order valence-corrected chi connectivity index (χ1v) is 15.3. The van der Waals surface area contributed by atoms with Crippen LogP contribution in [0.3, 0.4) is 0 Å². The van der Waals surface area contributed by atoms with Crippen LogP contribution in [-0.2, 0) is 24.9 Å². The van der Waals surface area contributed by atoms with E-state index in [-0.39, 0.29) is 35.3 Å². The number of rotatable bonds is 6. The summed E-state index contributed by atoms with van der Waals surface area (Å²) in [6.45, 7) is 4.21. The zero-order valence-electron chi connectivity index (χ0n) is 22.5. The van der Waals surface area contributed by atoms with Crippen molar-refractivity contribution in [2.45, 2.75) is 29.4 Å². The number of carbonyl (C=O) groups excluding carboxylic acids is 1. The Morgan fingerprint density at radius 2 is 1.95 bits per heavy atom. The first kappa shape index (κ1) is 27.5. The SMILES string of the molecule is COc1ccc2c(c1)[S+](=O)(O)Cc1c(C(=O)N3CCOCC3)nn(/C=C3\CCCN(CCN4CC(F)(F)C4)C3)c1-2. The lowest BCUT2D eigenvalue weighted by Crippen LogP contribution is -2.57. The van der Waals surface area contributed by atoms with E-state index in [1.807, 2.05) is 6.20 Å². The summed E-state index contributed by atoms with van der Waals surface area (Å²) >= 11 is 0. The maximum atomic E-state index is 13.6. The van der Waals surface area contributed by atoms with Gasteiger partial charge in [-0.1, -0.05) is 4.21 Å². The monoisotopic (exact) mass is 578 g/mol. The minimum Gasteiger partial charge on any atom is -0.497 e. The highest BCUT2D eigenvalue weighted by molar-refractivity contribution is 7.97. The molecule has 10 nitrogen and oxygen atoms in total. The van der Waals surface area contributed by atoms with Gasteiger partial charge in [-0.25, -0.2) is 13.5 Å². The average Bonchev–Trinajstić information content (AvgIpc) is 3.27. The molecule has 216 valence electrons. The van der Waals surface area contributed by atoms with E-state index in [1.54, 1.807) is 32.7 Å². The summed E-state index contributed by atoms with van der Waals surface area (Å²) in [4.78, 5) is 19.6. The second kappa shape index (κ2) is 10.6. The topological polar surface area (TPSA) is 100 Å². The molecule has 1 N–H and O–H groups in total. The Balaban J connectivity index is 1.34. The van der Waals surface area contributed by atoms with Gasteiger partial charge in [-0.05, 0) is 37.1 Å².